The maximum absolute atomic E-state index is 13.2. The third-order valence-corrected chi connectivity index (χ3v) is 4.58. The van der Waals surface area contributed by atoms with E-state index >= 15 is 0 Å². The highest BCUT2D eigenvalue weighted by atomic mass is 16.5. The van der Waals surface area contributed by atoms with Gasteiger partial charge in [-0.2, -0.15) is 0 Å². The van der Waals surface area contributed by atoms with Gasteiger partial charge in [0.2, 0.25) is 0 Å². The number of benzene rings is 3. The number of rotatable bonds is 6. The Labute approximate surface area is 171 Å². The van der Waals surface area contributed by atoms with Gasteiger partial charge in [-0.15, -0.1) is 0 Å². The van der Waals surface area contributed by atoms with Gasteiger partial charge >= 0.3 is 5.97 Å². The van der Waals surface area contributed by atoms with Gasteiger partial charge in [-0.1, -0.05) is 72.8 Å². The van der Waals surface area contributed by atoms with Crippen LogP contribution in [0.25, 0.3) is 6.08 Å². The summed E-state index contributed by atoms with van der Waals surface area (Å²) in [5.41, 5.74) is 3.65. The van der Waals surface area contributed by atoms with E-state index in [4.69, 9.17) is 4.74 Å². The number of aryl methyl sites for hydroxylation is 1. The van der Waals surface area contributed by atoms with Crippen molar-refractivity contribution >= 4 is 23.6 Å². The molecule has 0 aliphatic heterocycles. The summed E-state index contributed by atoms with van der Waals surface area (Å²) in [5, 5.41) is 0. The molecule has 4 heteroatoms. The van der Waals surface area contributed by atoms with Crippen molar-refractivity contribution in [3.63, 3.8) is 0 Å². The van der Waals surface area contributed by atoms with E-state index in [0.29, 0.717) is 17.8 Å². The van der Waals surface area contributed by atoms with Crippen molar-refractivity contribution in [2.75, 3.05) is 12.0 Å². The fourth-order valence-corrected chi connectivity index (χ4v) is 3.15. The largest absolute Gasteiger partial charge is 0.465 e. The molecule has 0 N–H and O–H groups in total. The molecule has 0 aromatic heterocycles. The van der Waals surface area contributed by atoms with Crippen molar-refractivity contribution < 1.29 is 14.3 Å². The molecule has 0 radical (unpaired) electrons. The zero-order valence-electron chi connectivity index (χ0n) is 16.5. The topological polar surface area (TPSA) is 46.6 Å². The molecule has 0 aliphatic carbocycles. The normalized spacial score (nSPS) is 10.7. The summed E-state index contributed by atoms with van der Waals surface area (Å²) in [5.74, 6) is -0.682. The third-order valence-electron chi connectivity index (χ3n) is 4.58. The Kier molecular flexibility index (Phi) is 6.59. The standard InChI is InChI=1S/C25H23NO3/c1-19-10-9-15-22(25(28)29-2)24(19)26(18-21-13-7-4-8-14-21)23(27)17-16-20-11-5-3-6-12-20/h3-17H,18H2,1-2H3/b17-16+. The summed E-state index contributed by atoms with van der Waals surface area (Å²) < 4.78 is 4.95. The minimum atomic E-state index is -0.471. The molecule has 4 nitrogen and oxygen atoms in total. The van der Waals surface area contributed by atoms with Crippen LogP contribution in [0.2, 0.25) is 0 Å². The minimum Gasteiger partial charge on any atom is -0.465 e. The molecule has 146 valence electrons. The van der Waals surface area contributed by atoms with Crippen LogP contribution < -0.4 is 4.90 Å². The van der Waals surface area contributed by atoms with Crippen molar-refractivity contribution in [2.24, 2.45) is 0 Å². The SMILES string of the molecule is COC(=O)c1cccc(C)c1N(Cc1ccccc1)C(=O)/C=C/c1ccccc1. The molecule has 3 rings (SSSR count). The van der Waals surface area contributed by atoms with Crippen molar-refractivity contribution in [3.8, 4) is 0 Å². The smallest absolute Gasteiger partial charge is 0.339 e. The average molecular weight is 385 g/mol. The first-order chi connectivity index (χ1) is 14.1. The lowest BCUT2D eigenvalue weighted by molar-refractivity contribution is -0.114. The molecule has 0 fully saturated rings. The van der Waals surface area contributed by atoms with Crippen LogP contribution in [-0.4, -0.2) is 19.0 Å². The Morgan fingerprint density at radius 3 is 2.21 bits per heavy atom. The van der Waals surface area contributed by atoms with E-state index in [2.05, 4.69) is 0 Å². The number of nitrogens with zero attached hydrogens (tertiary/aromatic N) is 1. The molecular weight excluding hydrogens is 362 g/mol. The van der Waals surface area contributed by atoms with Gasteiger partial charge in [0.05, 0.1) is 24.9 Å². The predicted molar refractivity (Wildman–Crippen MR) is 116 cm³/mol. The number of anilines is 1. The molecule has 29 heavy (non-hydrogen) atoms. The van der Waals surface area contributed by atoms with E-state index in [0.717, 1.165) is 16.7 Å². The van der Waals surface area contributed by atoms with Crippen LogP contribution in [0.3, 0.4) is 0 Å². The van der Waals surface area contributed by atoms with Gasteiger partial charge < -0.3 is 9.64 Å². The quantitative estimate of drug-likeness (QED) is 0.442. The number of hydrogen-bond acceptors (Lipinski definition) is 3. The van der Waals surface area contributed by atoms with Gasteiger partial charge in [0.25, 0.3) is 5.91 Å². The highest BCUT2D eigenvalue weighted by molar-refractivity contribution is 6.08. The van der Waals surface area contributed by atoms with Crippen LogP contribution in [0, 0.1) is 6.92 Å². The number of hydrogen-bond donors (Lipinski definition) is 0. The van der Waals surface area contributed by atoms with Crippen LogP contribution in [0.5, 0.6) is 0 Å². The molecular formula is C25H23NO3. The van der Waals surface area contributed by atoms with E-state index in [-0.39, 0.29) is 5.91 Å². The van der Waals surface area contributed by atoms with Crippen LogP contribution >= 0.6 is 0 Å². The van der Waals surface area contributed by atoms with Gasteiger partial charge in [-0.3, -0.25) is 4.79 Å². The summed E-state index contributed by atoms with van der Waals surface area (Å²) in [4.78, 5) is 27.2. The summed E-state index contributed by atoms with van der Waals surface area (Å²) in [7, 11) is 1.34. The Morgan fingerprint density at radius 1 is 0.897 bits per heavy atom. The zero-order chi connectivity index (χ0) is 20.6. The summed E-state index contributed by atoms with van der Waals surface area (Å²) in [6, 6.07) is 24.7. The average Bonchev–Trinajstić information content (AvgIpc) is 2.77. The van der Waals surface area contributed by atoms with Gasteiger partial charge in [0.1, 0.15) is 0 Å². The first-order valence-electron chi connectivity index (χ1n) is 9.36. The second-order valence-electron chi connectivity index (χ2n) is 6.62. The number of carbonyl (C=O) groups excluding carboxylic acids is 2. The van der Waals surface area contributed by atoms with Crippen molar-refractivity contribution in [3.05, 3.63) is 107 Å². The van der Waals surface area contributed by atoms with Gasteiger partial charge in [0.15, 0.2) is 0 Å². The van der Waals surface area contributed by atoms with Crippen LogP contribution in [0.4, 0.5) is 5.69 Å². The van der Waals surface area contributed by atoms with E-state index in [1.165, 1.54) is 13.2 Å². The molecule has 0 atom stereocenters. The molecule has 0 spiro atoms. The molecule has 0 saturated carbocycles. The minimum absolute atomic E-state index is 0.211. The molecule has 3 aromatic rings. The second-order valence-corrected chi connectivity index (χ2v) is 6.62. The van der Waals surface area contributed by atoms with E-state index in [1.54, 1.807) is 23.1 Å². The predicted octanol–water partition coefficient (Wildman–Crippen LogP) is 5.03. The monoisotopic (exact) mass is 385 g/mol. The van der Waals surface area contributed by atoms with Crippen LogP contribution in [0.15, 0.2) is 84.9 Å². The lowest BCUT2D eigenvalue weighted by Crippen LogP contribution is -2.31. The number of amides is 1. The molecule has 0 heterocycles. The Bertz CT molecular complexity index is 1010. The van der Waals surface area contributed by atoms with Gasteiger partial charge in [-0.05, 0) is 35.8 Å². The van der Waals surface area contributed by atoms with Gasteiger partial charge in [-0.25, -0.2) is 4.79 Å². The van der Waals surface area contributed by atoms with Crippen molar-refractivity contribution in [1.82, 2.24) is 0 Å². The first-order valence-corrected chi connectivity index (χ1v) is 9.36. The second kappa shape index (κ2) is 9.51. The molecule has 0 saturated heterocycles. The molecule has 0 aliphatic rings. The van der Waals surface area contributed by atoms with E-state index < -0.39 is 5.97 Å². The number of carbonyl (C=O) groups is 2. The Morgan fingerprint density at radius 2 is 1.55 bits per heavy atom. The Hall–Kier alpha value is -3.66. The number of para-hydroxylation sites is 1. The highest BCUT2D eigenvalue weighted by Crippen LogP contribution is 2.28. The fraction of sp³-hybridized carbons (Fsp3) is 0.120. The summed E-state index contributed by atoms with van der Waals surface area (Å²) in [6.45, 7) is 2.22. The molecule has 0 unspecified atom stereocenters. The number of methoxy groups -OCH3 is 1. The highest BCUT2D eigenvalue weighted by Gasteiger charge is 2.23. The summed E-state index contributed by atoms with van der Waals surface area (Å²) >= 11 is 0. The van der Waals surface area contributed by atoms with Crippen LogP contribution in [0.1, 0.15) is 27.0 Å². The first kappa shape index (κ1) is 20.1. The lowest BCUT2D eigenvalue weighted by atomic mass is 10.0. The van der Waals surface area contributed by atoms with Crippen molar-refractivity contribution in [2.45, 2.75) is 13.5 Å². The maximum atomic E-state index is 13.2. The maximum Gasteiger partial charge on any atom is 0.339 e. The molecule has 0 bridgehead atoms. The van der Waals surface area contributed by atoms with Crippen LogP contribution in [-0.2, 0) is 16.1 Å². The molecule has 3 aromatic carbocycles. The summed E-state index contributed by atoms with van der Waals surface area (Å²) in [6.07, 6.45) is 3.31. The lowest BCUT2D eigenvalue weighted by Gasteiger charge is -2.25. The van der Waals surface area contributed by atoms with Crippen molar-refractivity contribution in [1.29, 1.82) is 0 Å². The van der Waals surface area contributed by atoms with Gasteiger partial charge in [0, 0.05) is 6.08 Å². The van der Waals surface area contributed by atoms with E-state index in [1.807, 2.05) is 73.7 Å². The zero-order valence-corrected chi connectivity index (χ0v) is 16.5. The third kappa shape index (κ3) is 4.99. The number of esters is 1. The van der Waals surface area contributed by atoms with E-state index in [9.17, 15) is 9.59 Å². The fourth-order valence-electron chi connectivity index (χ4n) is 3.15. The number of ether oxygens (including phenoxy) is 1. The Balaban J connectivity index is 2.03. The molecule has 1 amide bonds.